The maximum Gasteiger partial charge on any atom is 0.269 e. The van der Waals surface area contributed by atoms with Gasteiger partial charge in [-0.3, -0.25) is 10.1 Å². The lowest BCUT2D eigenvalue weighted by Crippen LogP contribution is -1.96. The highest BCUT2D eigenvalue weighted by Crippen LogP contribution is 2.43. The van der Waals surface area contributed by atoms with Crippen molar-refractivity contribution in [3.05, 3.63) is 88.6 Å². The van der Waals surface area contributed by atoms with Crippen LogP contribution >= 0.6 is 0 Å². The van der Waals surface area contributed by atoms with E-state index < -0.39 is 4.92 Å². The number of hydrogen-bond acceptors (Lipinski definition) is 7. The fraction of sp³-hybridized carbons (Fsp3) is 0.0370. The molecule has 0 saturated carbocycles. The fourth-order valence-corrected chi connectivity index (χ4v) is 4.84. The number of aromatic nitrogens is 4. The molecule has 4 aromatic carbocycles. The summed E-state index contributed by atoms with van der Waals surface area (Å²) in [6, 6.07) is 22.2. The van der Waals surface area contributed by atoms with Crippen molar-refractivity contribution in [2.75, 3.05) is 0 Å². The van der Waals surface area contributed by atoms with Gasteiger partial charge in [-0.2, -0.15) is 0 Å². The van der Waals surface area contributed by atoms with Crippen molar-refractivity contribution in [3.8, 4) is 11.1 Å². The van der Waals surface area contributed by atoms with Crippen LogP contribution in [0.4, 0.5) is 5.69 Å². The van der Waals surface area contributed by atoms with Gasteiger partial charge in [0, 0.05) is 33.9 Å². The van der Waals surface area contributed by atoms with Crippen LogP contribution in [-0.2, 0) is 0 Å². The first-order valence-corrected chi connectivity index (χ1v) is 11.0. The standard InChI is InChI=1S/C27H15N5O3/c1-14-21-22(15-10-12-16(13-11-15)32(33)34)23-24(30-27(21)35-31-14)17-6-2-3-7-18(17)25-26(23)29-20-9-5-4-8-19(20)28-25/h2-13H,1H3. The Labute approximate surface area is 197 Å². The topological polar surface area (TPSA) is 108 Å². The first-order valence-electron chi connectivity index (χ1n) is 11.0. The number of non-ortho nitro benzene ring substituents is 1. The van der Waals surface area contributed by atoms with E-state index in [1.807, 2.05) is 55.5 Å². The molecule has 0 aliphatic heterocycles. The number of pyridine rings is 1. The van der Waals surface area contributed by atoms with Gasteiger partial charge in [0.2, 0.25) is 0 Å². The smallest absolute Gasteiger partial charge is 0.269 e. The van der Waals surface area contributed by atoms with Gasteiger partial charge in [0.15, 0.2) is 0 Å². The lowest BCUT2D eigenvalue weighted by Gasteiger charge is -2.14. The summed E-state index contributed by atoms with van der Waals surface area (Å²) in [7, 11) is 0. The summed E-state index contributed by atoms with van der Waals surface area (Å²) < 4.78 is 5.61. The average Bonchev–Trinajstić information content (AvgIpc) is 3.27. The Morgan fingerprint density at radius 3 is 2.06 bits per heavy atom. The van der Waals surface area contributed by atoms with E-state index >= 15 is 0 Å². The Morgan fingerprint density at radius 1 is 0.743 bits per heavy atom. The van der Waals surface area contributed by atoms with Crippen LogP contribution in [-0.4, -0.2) is 25.0 Å². The number of aryl methyl sites for hydroxylation is 1. The van der Waals surface area contributed by atoms with Gasteiger partial charge in [-0.05, 0) is 36.8 Å². The summed E-state index contributed by atoms with van der Waals surface area (Å²) in [6.07, 6.45) is 0. The first kappa shape index (κ1) is 19.5. The predicted octanol–water partition coefficient (Wildman–Crippen LogP) is 6.51. The highest BCUT2D eigenvalue weighted by atomic mass is 16.6. The maximum atomic E-state index is 11.3. The highest BCUT2D eigenvalue weighted by molar-refractivity contribution is 6.28. The predicted molar refractivity (Wildman–Crippen MR) is 134 cm³/mol. The highest BCUT2D eigenvalue weighted by Gasteiger charge is 2.23. The molecule has 0 unspecified atom stereocenters. The second-order valence-electron chi connectivity index (χ2n) is 8.42. The number of nitro benzene ring substituents is 1. The summed E-state index contributed by atoms with van der Waals surface area (Å²) in [5.41, 5.74) is 6.47. The minimum atomic E-state index is -0.408. The monoisotopic (exact) mass is 457 g/mol. The van der Waals surface area contributed by atoms with Crippen LogP contribution in [0.1, 0.15) is 5.69 Å². The molecule has 35 heavy (non-hydrogen) atoms. The molecule has 0 spiro atoms. The number of para-hydroxylation sites is 2. The molecule has 0 atom stereocenters. The minimum absolute atomic E-state index is 0.0199. The summed E-state index contributed by atoms with van der Waals surface area (Å²) in [6.45, 7) is 1.86. The SMILES string of the molecule is Cc1noc2nc3c4ccccc4c4nc5ccccc5nc4c3c(-c3ccc([N+](=O)[O-])cc3)c12. The molecule has 3 heterocycles. The zero-order chi connectivity index (χ0) is 23.7. The molecule has 0 bridgehead atoms. The molecule has 0 fully saturated rings. The lowest BCUT2D eigenvalue weighted by molar-refractivity contribution is -0.384. The van der Waals surface area contributed by atoms with Gasteiger partial charge in [0.1, 0.15) is 5.52 Å². The van der Waals surface area contributed by atoms with Crippen molar-refractivity contribution in [3.63, 3.8) is 0 Å². The third kappa shape index (κ3) is 2.73. The Balaban J connectivity index is 1.77. The van der Waals surface area contributed by atoms with E-state index in [1.54, 1.807) is 12.1 Å². The number of fused-ring (bicyclic) bond motifs is 8. The summed E-state index contributed by atoms with van der Waals surface area (Å²) >= 11 is 0. The molecule has 3 aromatic heterocycles. The van der Waals surface area contributed by atoms with Crippen molar-refractivity contribution in [1.82, 2.24) is 20.1 Å². The molecule has 8 nitrogen and oxygen atoms in total. The summed E-state index contributed by atoms with van der Waals surface area (Å²) in [4.78, 5) is 25.8. The second-order valence-corrected chi connectivity index (χ2v) is 8.42. The molecule has 0 aliphatic carbocycles. The zero-order valence-electron chi connectivity index (χ0n) is 18.4. The summed E-state index contributed by atoms with van der Waals surface area (Å²) in [5.74, 6) is 0. The number of benzene rings is 4. The molecule has 7 rings (SSSR count). The van der Waals surface area contributed by atoms with E-state index in [-0.39, 0.29) is 5.69 Å². The van der Waals surface area contributed by atoms with Crippen LogP contribution in [0.2, 0.25) is 0 Å². The Kier molecular flexibility index (Phi) is 3.90. The van der Waals surface area contributed by atoms with Crippen molar-refractivity contribution >= 4 is 60.5 Å². The minimum Gasteiger partial charge on any atom is -0.336 e. The van der Waals surface area contributed by atoms with E-state index in [1.165, 1.54) is 12.1 Å². The molecular formula is C27H15N5O3. The molecular weight excluding hydrogens is 442 g/mol. The molecule has 8 heteroatoms. The molecule has 0 aliphatic rings. The van der Waals surface area contributed by atoms with Crippen LogP contribution in [0, 0.1) is 17.0 Å². The van der Waals surface area contributed by atoms with Gasteiger partial charge in [-0.15, -0.1) is 0 Å². The third-order valence-corrected chi connectivity index (χ3v) is 6.41. The third-order valence-electron chi connectivity index (χ3n) is 6.41. The van der Waals surface area contributed by atoms with Crippen LogP contribution in [0.5, 0.6) is 0 Å². The fourth-order valence-electron chi connectivity index (χ4n) is 4.84. The van der Waals surface area contributed by atoms with Gasteiger partial charge in [-0.1, -0.05) is 41.6 Å². The van der Waals surface area contributed by atoms with Gasteiger partial charge >= 0.3 is 0 Å². The summed E-state index contributed by atoms with van der Waals surface area (Å²) in [5, 5.41) is 18.9. The molecule has 7 aromatic rings. The van der Waals surface area contributed by atoms with E-state index in [4.69, 9.17) is 19.5 Å². The molecule has 166 valence electrons. The van der Waals surface area contributed by atoms with E-state index in [9.17, 15) is 10.1 Å². The van der Waals surface area contributed by atoms with Crippen molar-refractivity contribution in [2.45, 2.75) is 6.92 Å². The van der Waals surface area contributed by atoms with E-state index in [0.717, 1.165) is 54.7 Å². The van der Waals surface area contributed by atoms with Crippen molar-refractivity contribution < 1.29 is 9.45 Å². The van der Waals surface area contributed by atoms with Gasteiger partial charge in [-0.25, -0.2) is 15.0 Å². The van der Waals surface area contributed by atoms with Crippen molar-refractivity contribution in [1.29, 1.82) is 0 Å². The van der Waals surface area contributed by atoms with Crippen LogP contribution in [0.15, 0.2) is 77.3 Å². The quantitative estimate of drug-likeness (QED) is 0.126. The van der Waals surface area contributed by atoms with Gasteiger partial charge < -0.3 is 4.52 Å². The van der Waals surface area contributed by atoms with Gasteiger partial charge in [0.25, 0.3) is 11.4 Å². The van der Waals surface area contributed by atoms with E-state index in [2.05, 4.69) is 5.16 Å². The largest absolute Gasteiger partial charge is 0.336 e. The molecule has 0 saturated heterocycles. The number of nitrogens with zero attached hydrogens (tertiary/aromatic N) is 5. The Hall–Kier alpha value is -4.98. The van der Waals surface area contributed by atoms with Crippen LogP contribution in [0.25, 0.3) is 66.0 Å². The van der Waals surface area contributed by atoms with Crippen LogP contribution < -0.4 is 0 Å². The van der Waals surface area contributed by atoms with Crippen LogP contribution in [0.3, 0.4) is 0 Å². The number of rotatable bonds is 2. The lowest BCUT2D eigenvalue weighted by atomic mass is 9.93. The number of hydrogen-bond donors (Lipinski definition) is 0. The second kappa shape index (κ2) is 7.01. The first-order chi connectivity index (χ1) is 17.1. The Morgan fingerprint density at radius 2 is 1.37 bits per heavy atom. The zero-order valence-corrected chi connectivity index (χ0v) is 18.4. The van der Waals surface area contributed by atoms with E-state index in [0.29, 0.717) is 16.9 Å². The van der Waals surface area contributed by atoms with Gasteiger partial charge in [0.05, 0.1) is 38.1 Å². The number of nitro groups is 1. The maximum absolute atomic E-state index is 11.3. The normalized spacial score (nSPS) is 11.8. The molecule has 0 N–H and O–H groups in total. The Bertz CT molecular complexity index is 2000. The average molecular weight is 457 g/mol. The molecule has 0 amide bonds. The van der Waals surface area contributed by atoms with Crippen molar-refractivity contribution in [2.24, 2.45) is 0 Å². The molecule has 0 radical (unpaired) electrons.